The smallest absolute Gasteiger partial charge is 0.164 e. The summed E-state index contributed by atoms with van der Waals surface area (Å²) in [6, 6.07) is 5.16. The molecule has 1 heterocycles. The van der Waals surface area contributed by atoms with Gasteiger partial charge in [-0.1, -0.05) is 29.3 Å². The van der Waals surface area contributed by atoms with Gasteiger partial charge in [0.1, 0.15) is 0 Å². The van der Waals surface area contributed by atoms with E-state index in [1.54, 1.807) is 18.2 Å². The van der Waals surface area contributed by atoms with E-state index >= 15 is 0 Å². The van der Waals surface area contributed by atoms with Gasteiger partial charge in [-0.25, -0.2) is 0 Å². The molecule has 0 unspecified atom stereocenters. The van der Waals surface area contributed by atoms with Crippen molar-refractivity contribution >= 4 is 29.0 Å². The van der Waals surface area contributed by atoms with Crippen LogP contribution in [0.3, 0.4) is 0 Å². The SMILES string of the molecule is O=C(CC1CNC1)c1cccc(Cl)c1Cl. The number of hydrogen-bond donors (Lipinski definition) is 1. The zero-order valence-corrected chi connectivity index (χ0v) is 9.61. The van der Waals surface area contributed by atoms with E-state index in [4.69, 9.17) is 23.2 Å². The fourth-order valence-electron chi connectivity index (χ4n) is 1.58. The van der Waals surface area contributed by atoms with Crippen molar-refractivity contribution in [2.75, 3.05) is 13.1 Å². The van der Waals surface area contributed by atoms with E-state index in [0.29, 0.717) is 27.9 Å². The lowest BCUT2D eigenvalue weighted by atomic mass is 9.94. The highest BCUT2D eigenvalue weighted by atomic mass is 35.5. The van der Waals surface area contributed by atoms with Gasteiger partial charge in [0.25, 0.3) is 0 Å². The molecular weight excluding hydrogens is 233 g/mol. The van der Waals surface area contributed by atoms with Crippen molar-refractivity contribution < 1.29 is 4.79 Å². The minimum atomic E-state index is 0.0778. The molecule has 0 radical (unpaired) electrons. The highest BCUT2D eigenvalue weighted by Crippen LogP contribution is 2.27. The van der Waals surface area contributed by atoms with E-state index in [1.807, 2.05) is 0 Å². The summed E-state index contributed by atoms with van der Waals surface area (Å²) in [4.78, 5) is 11.9. The summed E-state index contributed by atoms with van der Waals surface area (Å²) in [5.41, 5.74) is 0.538. The van der Waals surface area contributed by atoms with Crippen LogP contribution in [0.15, 0.2) is 18.2 Å². The molecule has 2 nitrogen and oxygen atoms in total. The molecule has 15 heavy (non-hydrogen) atoms. The third kappa shape index (κ3) is 2.33. The molecule has 1 saturated heterocycles. The third-order valence-corrected chi connectivity index (χ3v) is 3.41. The lowest BCUT2D eigenvalue weighted by molar-refractivity contribution is 0.0945. The Labute approximate surface area is 98.6 Å². The van der Waals surface area contributed by atoms with E-state index in [2.05, 4.69) is 5.32 Å². The van der Waals surface area contributed by atoms with Crippen molar-refractivity contribution in [2.24, 2.45) is 5.92 Å². The molecule has 0 aliphatic carbocycles. The number of halogens is 2. The van der Waals surface area contributed by atoms with Crippen LogP contribution in [0.2, 0.25) is 10.0 Å². The number of carbonyl (C=O) groups is 1. The van der Waals surface area contributed by atoms with Crippen molar-refractivity contribution in [1.29, 1.82) is 0 Å². The monoisotopic (exact) mass is 243 g/mol. The maximum atomic E-state index is 11.9. The lowest BCUT2D eigenvalue weighted by Gasteiger charge is -2.26. The van der Waals surface area contributed by atoms with Crippen molar-refractivity contribution in [1.82, 2.24) is 5.32 Å². The van der Waals surface area contributed by atoms with Gasteiger partial charge in [0.2, 0.25) is 0 Å². The van der Waals surface area contributed by atoms with Crippen LogP contribution < -0.4 is 5.32 Å². The topological polar surface area (TPSA) is 29.1 Å². The minimum Gasteiger partial charge on any atom is -0.316 e. The number of benzene rings is 1. The largest absolute Gasteiger partial charge is 0.316 e. The lowest BCUT2D eigenvalue weighted by Crippen LogP contribution is -2.42. The van der Waals surface area contributed by atoms with Crippen LogP contribution in [0.25, 0.3) is 0 Å². The maximum Gasteiger partial charge on any atom is 0.164 e. The van der Waals surface area contributed by atoms with Gasteiger partial charge < -0.3 is 5.32 Å². The molecule has 2 rings (SSSR count). The average Bonchev–Trinajstić information content (AvgIpc) is 2.15. The third-order valence-electron chi connectivity index (χ3n) is 2.59. The first-order valence-electron chi connectivity index (χ1n) is 4.86. The van der Waals surface area contributed by atoms with E-state index in [9.17, 15) is 4.79 Å². The predicted octanol–water partition coefficient (Wildman–Crippen LogP) is 2.79. The van der Waals surface area contributed by atoms with Gasteiger partial charge in [-0.15, -0.1) is 0 Å². The molecule has 1 N–H and O–H groups in total. The van der Waals surface area contributed by atoms with Crippen LogP contribution in [0.1, 0.15) is 16.8 Å². The molecular formula is C11H11Cl2NO. The molecule has 1 aromatic carbocycles. The van der Waals surface area contributed by atoms with Crippen molar-refractivity contribution in [3.05, 3.63) is 33.8 Å². The Morgan fingerprint density at radius 3 is 2.73 bits per heavy atom. The molecule has 1 aliphatic heterocycles. The van der Waals surface area contributed by atoms with Crippen LogP contribution in [0, 0.1) is 5.92 Å². The van der Waals surface area contributed by atoms with Crippen LogP contribution in [-0.2, 0) is 0 Å². The summed E-state index contributed by atoms with van der Waals surface area (Å²) < 4.78 is 0. The summed E-state index contributed by atoms with van der Waals surface area (Å²) in [6.45, 7) is 1.84. The van der Waals surface area contributed by atoms with Crippen LogP contribution >= 0.6 is 23.2 Å². The second-order valence-electron chi connectivity index (χ2n) is 3.75. The molecule has 80 valence electrons. The summed E-state index contributed by atoms with van der Waals surface area (Å²) in [6.07, 6.45) is 0.549. The first-order valence-corrected chi connectivity index (χ1v) is 5.62. The van der Waals surface area contributed by atoms with E-state index < -0.39 is 0 Å². The Morgan fingerprint density at radius 2 is 2.13 bits per heavy atom. The Morgan fingerprint density at radius 1 is 1.40 bits per heavy atom. The first-order chi connectivity index (χ1) is 7.18. The van der Waals surface area contributed by atoms with Gasteiger partial charge in [0.15, 0.2) is 5.78 Å². The van der Waals surface area contributed by atoms with Crippen molar-refractivity contribution in [2.45, 2.75) is 6.42 Å². The average molecular weight is 244 g/mol. The van der Waals surface area contributed by atoms with Gasteiger partial charge in [-0.05, 0) is 31.1 Å². The number of rotatable bonds is 3. The Kier molecular flexibility index (Phi) is 3.29. The molecule has 0 amide bonds. The molecule has 1 aliphatic rings. The number of nitrogens with one attached hydrogen (secondary N) is 1. The van der Waals surface area contributed by atoms with Gasteiger partial charge in [0, 0.05) is 12.0 Å². The van der Waals surface area contributed by atoms with Crippen molar-refractivity contribution in [3.8, 4) is 0 Å². The number of carbonyl (C=O) groups excluding carboxylic acids is 1. The predicted molar refractivity (Wildman–Crippen MR) is 61.8 cm³/mol. The van der Waals surface area contributed by atoms with Gasteiger partial charge >= 0.3 is 0 Å². The second kappa shape index (κ2) is 4.52. The Hall–Kier alpha value is -0.570. The summed E-state index contributed by atoms with van der Waals surface area (Å²) in [7, 11) is 0. The zero-order chi connectivity index (χ0) is 10.8. The Bertz CT molecular complexity index is 388. The van der Waals surface area contributed by atoms with E-state index in [1.165, 1.54) is 0 Å². The van der Waals surface area contributed by atoms with Crippen molar-refractivity contribution in [3.63, 3.8) is 0 Å². The Balaban J connectivity index is 2.13. The number of Topliss-reactive ketones (excluding diaryl/α,β-unsaturated/α-hetero) is 1. The molecule has 0 spiro atoms. The molecule has 0 atom stereocenters. The van der Waals surface area contributed by atoms with Gasteiger partial charge in [-0.2, -0.15) is 0 Å². The highest BCUT2D eigenvalue weighted by Gasteiger charge is 2.22. The normalized spacial score (nSPS) is 16.1. The first kappa shape index (κ1) is 10.9. The van der Waals surface area contributed by atoms with Crippen LogP contribution in [0.4, 0.5) is 0 Å². The zero-order valence-electron chi connectivity index (χ0n) is 8.09. The van der Waals surface area contributed by atoms with Gasteiger partial charge in [-0.3, -0.25) is 4.79 Å². The summed E-state index contributed by atoms with van der Waals surface area (Å²) in [5, 5.41) is 3.94. The molecule has 4 heteroatoms. The van der Waals surface area contributed by atoms with Gasteiger partial charge in [0.05, 0.1) is 10.0 Å². The quantitative estimate of drug-likeness (QED) is 0.828. The fraction of sp³-hybridized carbons (Fsp3) is 0.364. The number of ketones is 1. The number of hydrogen-bond acceptors (Lipinski definition) is 2. The maximum absolute atomic E-state index is 11.9. The minimum absolute atomic E-state index is 0.0778. The summed E-state index contributed by atoms with van der Waals surface area (Å²) >= 11 is 11.8. The molecule has 0 aromatic heterocycles. The highest BCUT2D eigenvalue weighted by molar-refractivity contribution is 6.43. The molecule has 0 bridgehead atoms. The molecule has 1 fully saturated rings. The molecule has 0 saturated carbocycles. The van der Waals surface area contributed by atoms with Crippen LogP contribution in [0.5, 0.6) is 0 Å². The molecule has 1 aromatic rings. The standard InChI is InChI=1S/C11H11Cl2NO/c12-9-3-1-2-8(11(9)13)10(15)4-7-5-14-6-7/h1-3,7,14H,4-6H2. The summed E-state index contributed by atoms with van der Waals surface area (Å²) in [5.74, 6) is 0.529. The van der Waals surface area contributed by atoms with E-state index in [-0.39, 0.29) is 5.78 Å². The second-order valence-corrected chi connectivity index (χ2v) is 4.54. The van der Waals surface area contributed by atoms with E-state index in [0.717, 1.165) is 13.1 Å². The van der Waals surface area contributed by atoms with Crippen LogP contribution in [-0.4, -0.2) is 18.9 Å². The fourth-order valence-corrected chi connectivity index (χ4v) is 1.99.